The molecule has 9 nitrogen and oxygen atoms in total. The van der Waals surface area contributed by atoms with E-state index in [1.54, 1.807) is 33.7 Å². The Morgan fingerprint density at radius 1 is 1.13 bits per heavy atom. The molecule has 0 aliphatic carbocycles. The summed E-state index contributed by atoms with van der Waals surface area (Å²) < 4.78 is 4.72. The van der Waals surface area contributed by atoms with Gasteiger partial charge in [0, 0.05) is 55.9 Å². The largest absolute Gasteiger partial charge is 0.394 e. The Balaban J connectivity index is 1.51. The number of fused-ring (bicyclic) bond motifs is 1. The van der Waals surface area contributed by atoms with Crippen molar-refractivity contribution >= 4 is 45.4 Å². The highest BCUT2D eigenvalue weighted by Gasteiger charge is 2.76. The number of halogens is 1. The fourth-order valence-electron chi connectivity index (χ4n) is 7.95. The van der Waals surface area contributed by atoms with E-state index in [0.29, 0.717) is 58.8 Å². The maximum atomic E-state index is 14.9. The molecule has 1 aromatic rings. The number of morpholine rings is 1. The van der Waals surface area contributed by atoms with Gasteiger partial charge >= 0.3 is 0 Å². The minimum atomic E-state index is -0.791. The number of carbonyl (C=O) groups is 3. The molecule has 4 fully saturated rings. The molecule has 7 atom stereocenters. The molecule has 0 radical (unpaired) electrons. The van der Waals surface area contributed by atoms with Crippen LogP contribution in [-0.2, 0) is 25.7 Å². The van der Waals surface area contributed by atoms with Crippen LogP contribution in [0.15, 0.2) is 55.6 Å². The van der Waals surface area contributed by atoms with Gasteiger partial charge in [0.05, 0.1) is 42.4 Å². The highest BCUT2D eigenvalue weighted by atomic mass is 79.9. The molecule has 4 aliphatic heterocycles. The van der Waals surface area contributed by atoms with Gasteiger partial charge in [0.25, 0.3) is 0 Å². The Morgan fingerprint density at radius 2 is 1.80 bits per heavy atom. The quantitative estimate of drug-likeness (QED) is 0.220. The van der Waals surface area contributed by atoms with E-state index in [4.69, 9.17) is 4.74 Å². The lowest BCUT2D eigenvalue weighted by Gasteiger charge is -2.40. The van der Waals surface area contributed by atoms with Gasteiger partial charge in [0.2, 0.25) is 17.7 Å². The van der Waals surface area contributed by atoms with Crippen LogP contribution in [0.25, 0.3) is 0 Å². The van der Waals surface area contributed by atoms with E-state index < -0.39 is 28.7 Å². The van der Waals surface area contributed by atoms with Crippen molar-refractivity contribution in [1.29, 1.82) is 0 Å². The molecule has 3 amide bonds. The minimum absolute atomic E-state index is 0.0352. The zero-order valence-corrected chi connectivity index (χ0v) is 29.5. The molecule has 4 aliphatic rings. The first-order valence-electron chi connectivity index (χ1n) is 16.5. The van der Waals surface area contributed by atoms with Crippen molar-refractivity contribution in [3.63, 3.8) is 0 Å². The molecule has 1 aromatic carbocycles. The van der Waals surface area contributed by atoms with Crippen molar-refractivity contribution in [2.24, 2.45) is 17.8 Å². The van der Waals surface area contributed by atoms with Crippen LogP contribution >= 0.6 is 27.7 Å². The number of likely N-dealkylation sites (tertiary alicyclic amines) is 1. The van der Waals surface area contributed by atoms with E-state index >= 15 is 0 Å². The molecule has 3 unspecified atom stereocenters. The summed E-state index contributed by atoms with van der Waals surface area (Å²) in [5, 5.41) is 10.5. The second kappa shape index (κ2) is 15.4. The van der Waals surface area contributed by atoms with Crippen LogP contribution in [0.4, 0.5) is 0 Å². The van der Waals surface area contributed by atoms with Crippen molar-refractivity contribution in [3.8, 4) is 0 Å². The second-order valence-electron chi connectivity index (χ2n) is 13.4. The van der Waals surface area contributed by atoms with E-state index in [2.05, 4.69) is 47.8 Å². The molecule has 0 saturated carbocycles. The number of hydrogen-bond donors (Lipinski definition) is 1. The third kappa shape index (κ3) is 6.86. The van der Waals surface area contributed by atoms with Crippen molar-refractivity contribution in [2.45, 2.75) is 60.1 Å². The molecule has 5 rings (SSSR count). The highest BCUT2D eigenvalue weighted by molar-refractivity contribution is 9.09. The predicted molar refractivity (Wildman–Crippen MR) is 185 cm³/mol. The van der Waals surface area contributed by atoms with Gasteiger partial charge in [-0.15, -0.1) is 24.9 Å². The first-order valence-corrected chi connectivity index (χ1v) is 18.3. The van der Waals surface area contributed by atoms with Gasteiger partial charge in [0.15, 0.2) is 0 Å². The summed E-state index contributed by atoms with van der Waals surface area (Å²) in [6.07, 6.45) is 4.62. The Morgan fingerprint density at radius 3 is 2.43 bits per heavy atom. The molecule has 1 spiro atoms. The normalized spacial score (nSPS) is 29.5. The maximum Gasteiger partial charge on any atom is 0.247 e. The second-order valence-corrected chi connectivity index (χ2v) is 16.1. The summed E-state index contributed by atoms with van der Waals surface area (Å²) in [6.45, 7) is 17.0. The first kappa shape index (κ1) is 35.1. The fraction of sp³-hybridized carbons (Fsp3) is 0.629. The number of aliphatic hydroxyl groups excluding tert-OH is 1. The van der Waals surface area contributed by atoms with Crippen molar-refractivity contribution < 1.29 is 24.2 Å². The lowest BCUT2D eigenvalue weighted by Crippen LogP contribution is -2.58. The third-order valence-electron chi connectivity index (χ3n) is 9.92. The summed E-state index contributed by atoms with van der Waals surface area (Å²) >= 11 is 5.54. The monoisotopic (exact) mass is 716 g/mol. The van der Waals surface area contributed by atoms with Gasteiger partial charge in [-0.2, -0.15) is 0 Å². The summed E-state index contributed by atoms with van der Waals surface area (Å²) in [7, 11) is 0. The maximum absolute atomic E-state index is 14.9. The Labute approximate surface area is 286 Å². The molecular formula is C35H49BrN4O5S. The zero-order valence-electron chi connectivity index (χ0n) is 27.1. The van der Waals surface area contributed by atoms with Gasteiger partial charge in [-0.3, -0.25) is 19.3 Å². The van der Waals surface area contributed by atoms with Crippen LogP contribution < -0.4 is 0 Å². The average molecular weight is 718 g/mol. The molecule has 11 heteroatoms. The van der Waals surface area contributed by atoms with Crippen LogP contribution in [0.3, 0.4) is 0 Å². The van der Waals surface area contributed by atoms with E-state index in [1.165, 1.54) is 0 Å². The number of carbonyl (C=O) groups excluding carboxylic acids is 3. The number of amides is 3. The van der Waals surface area contributed by atoms with Crippen molar-refractivity contribution in [1.82, 2.24) is 19.6 Å². The summed E-state index contributed by atoms with van der Waals surface area (Å²) in [4.78, 5) is 51.8. The molecule has 252 valence electrons. The number of thioether (sulfide) groups is 1. The van der Waals surface area contributed by atoms with Crippen LogP contribution in [0, 0.1) is 17.8 Å². The fourth-order valence-corrected chi connectivity index (χ4v) is 11.5. The van der Waals surface area contributed by atoms with Crippen LogP contribution in [0.1, 0.15) is 32.3 Å². The van der Waals surface area contributed by atoms with Crippen LogP contribution in [0.2, 0.25) is 0 Å². The SMILES string of the molecule is C=CCN(CCN1CCOCC1)C(=O)C1N([C@@H](CO)CC(C)C)C(=O)[C@@H]2[C@H](C(=O)N(CC=C)Cc3ccccc3)[C@H]3SC12CC3Br. The number of nitrogens with zero attached hydrogens (tertiary/aromatic N) is 4. The van der Waals surface area contributed by atoms with Gasteiger partial charge in [-0.25, -0.2) is 0 Å². The molecule has 0 aromatic heterocycles. The number of rotatable bonds is 15. The lowest BCUT2D eigenvalue weighted by molar-refractivity contribution is -0.147. The zero-order chi connectivity index (χ0) is 33.0. The number of ether oxygens (including phenoxy) is 1. The molecule has 4 saturated heterocycles. The molecule has 2 bridgehead atoms. The Hall–Kier alpha value is -2.18. The summed E-state index contributed by atoms with van der Waals surface area (Å²) in [6, 6.07) is 8.53. The Bertz CT molecular complexity index is 1260. The van der Waals surface area contributed by atoms with Crippen molar-refractivity contribution in [2.75, 3.05) is 59.1 Å². The number of alkyl halides is 1. The number of hydrogen-bond acceptors (Lipinski definition) is 7. The number of benzene rings is 1. The summed E-state index contributed by atoms with van der Waals surface area (Å²) in [5.74, 6) is -1.46. The van der Waals surface area contributed by atoms with Gasteiger partial charge in [-0.05, 0) is 24.3 Å². The predicted octanol–water partition coefficient (Wildman–Crippen LogP) is 3.42. The van der Waals surface area contributed by atoms with Crippen molar-refractivity contribution in [3.05, 3.63) is 61.2 Å². The van der Waals surface area contributed by atoms with Crippen LogP contribution in [-0.4, -0.2) is 128 Å². The topological polar surface area (TPSA) is 93.6 Å². The Kier molecular flexibility index (Phi) is 11.7. The van der Waals surface area contributed by atoms with Gasteiger partial charge in [0.1, 0.15) is 6.04 Å². The van der Waals surface area contributed by atoms with Crippen LogP contribution in [0.5, 0.6) is 0 Å². The third-order valence-corrected chi connectivity index (χ3v) is 13.1. The molecule has 1 N–H and O–H groups in total. The summed E-state index contributed by atoms with van der Waals surface area (Å²) in [5.41, 5.74) is 1.00. The smallest absolute Gasteiger partial charge is 0.247 e. The van der Waals surface area contributed by atoms with E-state index in [1.807, 2.05) is 35.2 Å². The van der Waals surface area contributed by atoms with E-state index in [0.717, 1.165) is 18.7 Å². The minimum Gasteiger partial charge on any atom is -0.394 e. The highest BCUT2D eigenvalue weighted by Crippen LogP contribution is 2.68. The average Bonchev–Trinajstić information content (AvgIpc) is 3.65. The van der Waals surface area contributed by atoms with E-state index in [9.17, 15) is 19.5 Å². The van der Waals surface area contributed by atoms with E-state index in [-0.39, 0.29) is 40.3 Å². The molecule has 4 heterocycles. The standard InChI is InChI=1S/C35H49BrN4O5S/c1-5-12-38(15-14-37-16-18-45-19-17-37)34(44)31-35-21-27(36)30(46-35)28(29(35)33(43)40(31)26(23-41)20-24(3)4)32(42)39(13-6-2)22-25-10-8-7-9-11-25/h5-11,24,26-31,41H,1-2,12-23H2,3-4H3/t26-,27?,28+,29+,30+,31?,35?/m1/s1. The van der Waals surface area contributed by atoms with Gasteiger partial charge in [-0.1, -0.05) is 72.3 Å². The molecular weight excluding hydrogens is 668 g/mol. The lowest BCUT2D eigenvalue weighted by atomic mass is 9.70. The molecule has 46 heavy (non-hydrogen) atoms. The number of aliphatic hydroxyl groups is 1. The first-order chi connectivity index (χ1) is 22.2. The van der Waals surface area contributed by atoms with Gasteiger partial charge < -0.3 is 24.5 Å².